The lowest BCUT2D eigenvalue weighted by Crippen LogP contribution is -2.17. The first-order valence-corrected chi connectivity index (χ1v) is 5.35. The molecule has 3 nitrogen and oxygen atoms in total. The Morgan fingerprint density at radius 3 is 2.56 bits per heavy atom. The van der Waals surface area contributed by atoms with Crippen LogP contribution in [0.5, 0.6) is 0 Å². The highest BCUT2D eigenvalue weighted by Gasteiger charge is 2.21. The van der Waals surface area contributed by atoms with Gasteiger partial charge in [0.15, 0.2) is 0 Å². The molecular weight excluding hydrogens is 200 g/mol. The van der Waals surface area contributed by atoms with Crippen molar-refractivity contribution in [1.29, 1.82) is 0 Å². The molecule has 0 aliphatic carbocycles. The van der Waals surface area contributed by atoms with Crippen molar-refractivity contribution in [3.63, 3.8) is 0 Å². The van der Waals surface area contributed by atoms with E-state index in [0.717, 1.165) is 23.1 Å². The number of aryl methyl sites for hydroxylation is 1. The van der Waals surface area contributed by atoms with Gasteiger partial charge in [0.25, 0.3) is 0 Å². The van der Waals surface area contributed by atoms with Crippen LogP contribution in [0.15, 0.2) is 18.2 Å². The number of imidazole rings is 1. The number of aldehydes is 1. The van der Waals surface area contributed by atoms with E-state index in [1.807, 2.05) is 19.2 Å². The highest BCUT2D eigenvalue weighted by atomic mass is 16.1. The molecule has 0 bridgehead atoms. The number of carbonyl (C=O) groups is 1. The van der Waals surface area contributed by atoms with Gasteiger partial charge in [-0.2, -0.15) is 0 Å². The van der Waals surface area contributed by atoms with Crippen LogP contribution in [0.25, 0.3) is 11.0 Å². The Morgan fingerprint density at radius 2 is 2.00 bits per heavy atom. The minimum absolute atomic E-state index is 0.00904. The van der Waals surface area contributed by atoms with Crippen LogP contribution in [0.2, 0.25) is 0 Å². The molecule has 0 fully saturated rings. The highest BCUT2D eigenvalue weighted by molar-refractivity contribution is 5.85. The van der Waals surface area contributed by atoms with Crippen molar-refractivity contribution in [2.24, 2.45) is 7.05 Å². The van der Waals surface area contributed by atoms with Gasteiger partial charge in [0.2, 0.25) is 0 Å². The molecule has 0 aliphatic rings. The first kappa shape index (κ1) is 10.9. The molecule has 0 radical (unpaired) electrons. The smallest absolute Gasteiger partial charge is 0.150 e. The summed E-state index contributed by atoms with van der Waals surface area (Å²) in [7, 11) is 1.99. The second-order valence-corrected chi connectivity index (χ2v) is 5.11. The molecule has 3 heteroatoms. The van der Waals surface area contributed by atoms with Crippen molar-refractivity contribution in [3.8, 4) is 0 Å². The van der Waals surface area contributed by atoms with Crippen molar-refractivity contribution in [2.75, 3.05) is 0 Å². The summed E-state index contributed by atoms with van der Waals surface area (Å²) in [5.41, 5.74) is 2.65. The van der Waals surface area contributed by atoms with E-state index in [-0.39, 0.29) is 5.41 Å². The predicted octanol–water partition coefficient (Wildman–Crippen LogP) is 2.68. The third-order valence-electron chi connectivity index (χ3n) is 2.71. The average Bonchev–Trinajstić information content (AvgIpc) is 2.55. The Balaban J connectivity index is 2.73. The zero-order valence-electron chi connectivity index (χ0n) is 10.1. The normalized spacial score (nSPS) is 12.0. The molecular formula is C13H16N2O. The molecule has 0 saturated carbocycles. The van der Waals surface area contributed by atoms with Gasteiger partial charge in [0.1, 0.15) is 12.1 Å². The SMILES string of the molecule is Cn1c(C(C)(C)C)nc2ccc(C=O)cc21. The molecule has 16 heavy (non-hydrogen) atoms. The summed E-state index contributed by atoms with van der Waals surface area (Å²) in [5.74, 6) is 1.03. The lowest BCUT2D eigenvalue weighted by Gasteiger charge is -2.17. The molecule has 0 spiro atoms. The summed E-state index contributed by atoms with van der Waals surface area (Å²) < 4.78 is 2.06. The van der Waals surface area contributed by atoms with Crippen molar-refractivity contribution >= 4 is 17.3 Å². The fourth-order valence-electron chi connectivity index (χ4n) is 1.95. The average molecular weight is 216 g/mol. The van der Waals surface area contributed by atoms with Crippen LogP contribution in [0.4, 0.5) is 0 Å². The summed E-state index contributed by atoms with van der Waals surface area (Å²) in [4.78, 5) is 15.3. The van der Waals surface area contributed by atoms with Crippen LogP contribution in [-0.2, 0) is 12.5 Å². The summed E-state index contributed by atoms with van der Waals surface area (Å²) in [6.45, 7) is 6.40. The first-order chi connectivity index (χ1) is 7.43. The van der Waals surface area contributed by atoms with E-state index in [0.29, 0.717) is 5.56 Å². The molecule has 1 heterocycles. The molecule has 2 aromatic rings. The summed E-state index contributed by atoms with van der Waals surface area (Å²) in [6.07, 6.45) is 0.864. The predicted molar refractivity (Wildman–Crippen MR) is 64.8 cm³/mol. The molecule has 1 aromatic heterocycles. The zero-order valence-corrected chi connectivity index (χ0v) is 10.1. The number of benzene rings is 1. The van der Waals surface area contributed by atoms with Crippen molar-refractivity contribution in [3.05, 3.63) is 29.6 Å². The number of rotatable bonds is 1. The molecule has 1 aromatic carbocycles. The molecule has 0 aliphatic heterocycles. The number of hydrogen-bond acceptors (Lipinski definition) is 2. The summed E-state index contributed by atoms with van der Waals surface area (Å²) in [6, 6.07) is 5.58. The minimum Gasteiger partial charge on any atom is -0.331 e. The second kappa shape index (κ2) is 3.44. The van der Waals surface area contributed by atoms with E-state index in [4.69, 9.17) is 0 Å². The Labute approximate surface area is 95.1 Å². The standard InChI is InChI=1S/C13H16N2O/c1-13(2,3)12-14-10-6-5-9(8-16)7-11(10)15(12)4/h5-8H,1-4H3. The molecule has 0 atom stereocenters. The monoisotopic (exact) mass is 216 g/mol. The maximum absolute atomic E-state index is 10.7. The van der Waals surface area contributed by atoms with Gasteiger partial charge in [-0.05, 0) is 18.2 Å². The Bertz CT molecular complexity index is 547. The first-order valence-electron chi connectivity index (χ1n) is 5.35. The van der Waals surface area contributed by atoms with Crippen LogP contribution in [-0.4, -0.2) is 15.8 Å². The van der Waals surface area contributed by atoms with Gasteiger partial charge in [-0.15, -0.1) is 0 Å². The largest absolute Gasteiger partial charge is 0.331 e. The lowest BCUT2D eigenvalue weighted by atomic mass is 9.96. The van der Waals surface area contributed by atoms with Crippen molar-refractivity contribution < 1.29 is 4.79 Å². The van der Waals surface area contributed by atoms with Gasteiger partial charge in [0, 0.05) is 18.0 Å². The highest BCUT2D eigenvalue weighted by Crippen LogP contribution is 2.25. The maximum Gasteiger partial charge on any atom is 0.150 e. The van der Waals surface area contributed by atoms with E-state index < -0.39 is 0 Å². The number of aromatic nitrogens is 2. The molecule has 0 N–H and O–H groups in total. The molecule has 2 rings (SSSR count). The van der Waals surface area contributed by atoms with E-state index in [9.17, 15) is 4.79 Å². The van der Waals surface area contributed by atoms with E-state index >= 15 is 0 Å². The van der Waals surface area contributed by atoms with Gasteiger partial charge >= 0.3 is 0 Å². The number of carbonyl (C=O) groups excluding carboxylic acids is 1. The fourth-order valence-corrected chi connectivity index (χ4v) is 1.95. The van der Waals surface area contributed by atoms with Crippen molar-refractivity contribution in [1.82, 2.24) is 9.55 Å². The third kappa shape index (κ3) is 1.62. The topological polar surface area (TPSA) is 34.9 Å². The van der Waals surface area contributed by atoms with E-state index in [2.05, 4.69) is 30.3 Å². The van der Waals surface area contributed by atoms with Crippen LogP contribution in [0.1, 0.15) is 37.0 Å². The lowest BCUT2D eigenvalue weighted by molar-refractivity contribution is 0.112. The van der Waals surface area contributed by atoms with Gasteiger partial charge in [-0.3, -0.25) is 4.79 Å². The van der Waals surface area contributed by atoms with E-state index in [1.54, 1.807) is 6.07 Å². The molecule has 0 unspecified atom stereocenters. The number of hydrogen-bond donors (Lipinski definition) is 0. The molecule has 0 amide bonds. The van der Waals surface area contributed by atoms with Crippen LogP contribution >= 0.6 is 0 Å². The fraction of sp³-hybridized carbons (Fsp3) is 0.385. The van der Waals surface area contributed by atoms with Crippen LogP contribution in [0, 0.1) is 0 Å². The van der Waals surface area contributed by atoms with Gasteiger partial charge in [-0.25, -0.2) is 4.98 Å². The maximum atomic E-state index is 10.7. The Hall–Kier alpha value is -1.64. The minimum atomic E-state index is 0.00904. The quantitative estimate of drug-likeness (QED) is 0.687. The second-order valence-electron chi connectivity index (χ2n) is 5.11. The Morgan fingerprint density at radius 1 is 1.31 bits per heavy atom. The van der Waals surface area contributed by atoms with Gasteiger partial charge < -0.3 is 4.57 Å². The number of nitrogens with zero attached hydrogens (tertiary/aromatic N) is 2. The van der Waals surface area contributed by atoms with Gasteiger partial charge in [-0.1, -0.05) is 20.8 Å². The van der Waals surface area contributed by atoms with E-state index in [1.165, 1.54) is 0 Å². The summed E-state index contributed by atoms with van der Waals surface area (Å²) >= 11 is 0. The summed E-state index contributed by atoms with van der Waals surface area (Å²) in [5, 5.41) is 0. The van der Waals surface area contributed by atoms with Crippen LogP contribution in [0.3, 0.4) is 0 Å². The third-order valence-corrected chi connectivity index (χ3v) is 2.71. The zero-order chi connectivity index (χ0) is 11.9. The number of fused-ring (bicyclic) bond motifs is 1. The van der Waals surface area contributed by atoms with Crippen LogP contribution < -0.4 is 0 Å². The molecule has 0 saturated heterocycles. The molecule has 84 valence electrons. The van der Waals surface area contributed by atoms with Crippen molar-refractivity contribution in [2.45, 2.75) is 26.2 Å². The van der Waals surface area contributed by atoms with Gasteiger partial charge in [0.05, 0.1) is 11.0 Å². The Kier molecular flexibility index (Phi) is 2.34.